The number of amides is 1. The third-order valence-corrected chi connectivity index (χ3v) is 8.02. The van der Waals surface area contributed by atoms with E-state index in [1.54, 1.807) is 0 Å². The Balaban J connectivity index is 3.88. The zero-order valence-corrected chi connectivity index (χ0v) is 28.5. The van der Waals surface area contributed by atoms with Gasteiger partial charge < -0.3 is 20.9 Å². The molecule has 0 saturated carbocycles. The second kappa shape index (κ2) is 32.2. The first-order valence-corrected chi connectivity index (χ1v) is 18.2. The standard InChI is InChI=1S/C37H68N2O5/c1-3-5-7-8-9-10-11-12-13-14-15-16-17-18-19-20-21-25-31-36(41)44-33(27-6-4-2)28-23-22-24-30-35(40)39-34(37(42)43)29-26-32-38/h10-11,13-14,33-34H,3-9,12,15-32,38H2,1-2H3,(H,39,40)(H,42,43)/b11-10-,14-13-. The molecular weight excluding hydrogens is 552 g/mol. The lowest BCUT2D eigenvalue weighted by atomic mass is 10.0. The molecule has 0 aromatic carbocycles. The van der Waals surface area contributed by atoms with Crippen molar-refractivity contribution in [2.75, 3.05) is 6.54 Å². The number of nitrogens with one attached hydrogen (secondary N) is 1. The summed E-state index contributed by atoms with van der Waals surface area (Å²) in [5, 5.41) is 11.8. The Morgan fingerprint density at radius 2 is 1.20 bits per heavy atom. The predicted molar refractivity (Wildman–Crippen MR) is 184 cm³/mol. The normalized spacial score (nSPS) is 13.0. The number of carbonyl (C=O) groups is 3. The summed E-state index contributed by atoms with van der Waals surface area (Å²) in [6.45, 7) is 4.80. The maximum absolute atomic E-state index is 12.5. The van der Waals surface area contributed by atoms with Crippen molar-refractivity contribution in [3.8, 4) is 0 Å². The number of carbonyl (C=O) groups excluding carboxylic acids is 2. The molecule has 0 aliphatic carbocycles. The highest BCUT2D eigenvalue weighted by Crippen LogP contribution is 2.17. The number of hydrogen-bond acceptors (Lipinski definition) is 5. The summed E-state index contributed by atoms with van der Waals surface area (Å²) in [5.74, 6) is -1.34. The molecule has 2 unspecified atom stereocenters. The lowest BCUT2D eigenvalue weighted by Gasteiger charge is -2.18. The van der Waals surface area contributed by atoms with Crippen LogP contribution in [-0.4, -0.2) is 41.6 Å². The van der Waals surface area contributed by atoms with Crippen LogP contribution in [0.5, 0.6) is 0 Å². The van der Waals surface area contributed by atoms with Crippen molar-refractivity contribution in [2.24, 2.45) is 5.73 Å². The SMILES string of the molecule is CCCCCC/C=C\C/C=C\CCCCCCCCCC(=O)OC(CCCC)CCCCCC(=O)NC(CCCN)C(=O)O. The number of unbranched alkanes of at least 4 members (excludes halogenated alkanes) is 14. The van der Waals surface area contributed by atoms with E-state index in [0.717, 1.165) is 57.8 Å². The first-order chi connectivity index (χ1) is 21.4. The molecule has 7 heteroatoms. The van der Waals surface area contributed by atoms with Crippen LogP contribution < -0.4 is 11.1 Å². The van der Waals surface area contributed by atoms with Crippen LogP contribution >= 0.6 is 0 Å². The maximum Gasteiger partial charge on any atom is 0.326 e. The van der Waals surface area contributed by atoms with E-state index < -0.39 is 12.0 Å². The van der Waals surface area contributed by atoms with Crippen LogP contribution in [0.2, 0.25) is 0 Å². The number of ether oxygens (including phenoxy) is 1. The zero-order chi connectivity index (χ0) is 32.5. The molecule has 7 nitrogen and oxygen atoms in total. The molecule has 2 atom stereocenters. The minimum Gasteiger partial charge on any atom is -0.480 e. The molecule has 256 valence electrons. The maximum atomic E-state index is 12.5. The molecule has 4 N–H and O–H groups in total. The Kier molecular flexibility index (Phi) is 30.7. The van der Waals surface area contributed by atoms with E-state index in [1.165, 1.54) is 70.6 Å². The summed E-state index contributed by atoms with van der Waals surface area (Å²) in [6, 6.07) is -0.871. The van der Waals surface area contributed by atoms with Gasteiger partial charge in [0, 0.05) is 12.8 Å². The number of allylic oxidation sites excluding steroid dienone is 4. The van der Waals surface area contributed by atoms with Crippen LogP contribution in [0.25, 0.3) is 0 Å². The highest BCUT2D eigenvalue weighted by atomic mass is 16.5. The average molecular weight is 621 g/mol. The minimum absolute atomic E-state index is 0.0513. The molecule has 0 aliphatic heterocycles. The molecule has 0 heterocycles. The zero-order valence-electron chi connectivity index (χ0n) is 28.5. The van der Waals surface area contributed by atoms with E-state index in [1.807, 2.05) is 0 Å². The van der Waals surface area contributed by atoms with E-state index in [9.17, 15) is 19.5 Å². The van der Waals surface area contributed by atoms with Gasteiger partial charge in [-0.15, -0.1) is 0 Å². The second-order valence-electron chi connectivity index (χ2n) is 12.3. The van der Waals surface area contributed by atoms with Crippen molar-refractivity contribution in [2.45, 2.75) is 187 Å². The van der Waals surface area contributed by atoms with Gasteiger partial charge in [0.1, 0.15) is 12.1 Å². The number of carboxylic acid groups (broad SMARTS) is 1. The van der Waals surface area contributed by atoms with Gasteiger partial charge in [-0.3, -0.25) is 9.59 Å². The Labute approximate surface area is 270 Å². The Morgan fingerprint density at radius 3 is 1.82 bits per heavy atom. The van der Waals surface area contributed by atoms with Gasteiger partial charge in [0.2, 0.25) is 5.91 Å². The van der Waals surface area contributed by atoms with Gasteiger partial charge in [-0.25, -0.2) is 4.79 Å². The molecule has 0 fully saturated rings. The fraction of sp³-hybridized carbons (Fsp3) is 0.811. The van der Waals surface area contributed by atoms with E-state index in [4.69, 9.17) is 10.5 Å². The van der Waals surface area contributed by atoms with Crippen LogP contribution in [-0.2, 0) is 19.1 Å². The van der Waals surface area contributed by atoms with Gasteiger partial charge >= 0.3 is 11.9 Å². The van der Waals surface area contributed by atoms with E-state index in [2.05, 4.69) is 43.5 Å². The van der Waals surface area contributed by atoms with E-state index in [0.29, 0.717) is 38.6 Å². The fourth-order valence-corrected chi connectivity index (χ4v) is 5.23. The lowest BCUT2D eigenvalue weighted by Crippen LogP contribution is -2.40. The van der Waals surface area contributed by atoms with Crippen molar-refractivity contribution in [3.63, 3.8) is 0 Å². The predicted octanol–water partition coefficient (Wildman–Crippen LogP) is 9.33. The smallest absolute Gasteiger partial charge is 0.326 e. The number of nitrogens with two attached hydrogens (primary N) is 1. The van der Waals surface area contributed by atoms with Gasteiger partial charge in [0.25, 0.3) is 0 Å². The fourth-order valence-electron chi connectivity index (χ4n) is 5.23. The highest BCUT2D eigenvalue weighted by molar-refractivity contribution is 5.83. The Morgan fingerprint density at radius 1 is 0.659 bits per heavy atom. The number of carboxylic acids is 1. The van der Waals surface area contributed by atoms with Gasteiger partial charge in [-0.05, 0) is 83.6 Å². The highest BCUT2D eigenvalue weighted by Gasteiger charge is 2.19. The third-order valence-electron chi connectivity index (χ3n) is 8.02. The van der Waals surface area contributed by atoms with Gasteiger partial charge in [0.15, 0.2) is 0 Å². The van der Waals surface area contributed by atoms with Gasteiger partial charge in [-0.1, -0.05) is 109 Å². The summed E-state index contributed by atoms with van der Waals surface area (Å²) in [6.07, 6.45) is 34.1. The monoisotopic (exact) mass is 621 g/mol. The van der Waals surface area contributed by atoms with Crippen molar-refractivity contribution < 1.29 is 24.2 Å². The largest absolute Gasteiger partial charge is 0.480 e. The minimum atomic E-state index is -1.02. The quantitative estimate of drug-likeness (QED) is 0.0392. The average Bonchev–Trinajstić information content (AvgIpc) is 3.00. The topological polar surface area (TPSA) is 119 Å². The summed E-state index contributed by atoms with van der Waals surface area (Å²) < 4.78 is 5.83. The van der Waals surface area contributed by atoms with Crippen LogP contribution in [0.15, 0.2) is 24.3 Å². The second-order valence-corrected chi connectivity index (χ2v) is 12.3. The third kappa shape index (κ3) is 28.6. The van der Waals surface area contributed by atoms with E-state index in [-0.39, 0.29) is 18.0 Å². The number of hydrogen-bond donors (Lipinski definition) is 3. The molecule has 0 saturated heterocycles. The molecule has 0 aromatic rings. The molecular formula is C37H68N2O5. The Bertz CT molecular complexity index is 752. The van der Waals surface area contributed by atoms with Crippen molar-refractivity contribution in [1.82, 2.24) is 5.32 Å². The molecule has 44 heavy (non-hydrogen) atoms. The summed E-state index contributed by atoms with van der Waals surface area (Å²) in [4.78, 5) is 35.9. The van der Waals surface area contributed by atoms with Crippen molar-refractivity contribution in [3.05, 3.63) is 24.3 Å². The van der Waals surface area contributed by atoms with Crippen molar-refractivity contribution in [1.29, 1.82) is 0 Å². The van der Waals surface area contributed by atoms with Crippen LogP contribution in [0.1, 0.15) is 174 Å². The first kappa shape index (κ1) is 41.9. The van der Waals surface area contributed by atoms with Crippen LogP contribution in [0.3, 0.4) is 0 Å². The summed E-state index contributed by atoms with van der Waals surface area (Å²) in [7, 11) is 0. The molecule has 0 bridgehead atoms. The van der Waals surface area contributed by atoms with Gasteiger partial charge in [-0.2, -0.15) is 0 Å². The molecule has 0 aliphatic rings. The number of esters is 1. The molecule has 1 amide bonds. The van der Waals surface area contributed by atoms with Gasteiger partial charge in [0.05, 0.1) is 0 Å². The number of rotatable bonds is 32. The molecule has 0 aromatic heterocycles. The number of aliphatic carboxylic acids is 1. The van der Waals surface area contributed by atoms with E-state index >= 15 is 0 Å². The lowest BCUT2D eigenvalue weighted by molar-refractivity contribution is -0.150. The van der Waals surface area contributed by atoms with Crippen LogP contribution in [0, 0.1) is 0 Å². The summed E-state index contributed by atoms with van der Waals surface area (Å²) >= 11 is 0. The Hall–Kier alpha value is -2.15. The molecule has 0 rings (SSSR count). The molecule has 0 radical (unpaired) electrons. The summed E-state index contributed by atoms with van der Waals surface area (Å²) in [5.41, 5.74) is 5.45. The first-order valence-electron chi connectivity index (χ1n) is 18.2. The van der Waals surface area contributed by atoms with Crippen LogP contribution in [0.4, 0.5) is 0 Å². The molecule has 0 spiro atoms. The van der Waals surface area contributed by atoms with Crippen molar-refractivity contribution >= 4 is 17.8 Å².